The SMILES string of the molecule is CCCCN(C)C(=O)C1CCN(C(=O)NCc2nnc3n2CCC3)CC1. The van der Waals surface area contributed by atoms with Crippen molar-refractivity contribution in [2.24, 2.45) is 5.92 Å². The molecule has 0 aliphatic carbocycles. The molecule has 0 bridgehead atoms. The molecular weight excluding hydrogens is 332 g/mol. The number of amides is 3. The molecule has 8 heteroatoms. The fourth-order valence-corrected chi connectivity index (χ4v) is 3.75. The van der Waals surface area contributed by atoms with Crippen molar-refractivity contribution in [2.75, 3.05) is 26.7 Å². The van der Waals surface area contributed by atoms with Gasteiger partial charge in [0.25, 0.3) is 0 Å². The van der Waals surface area contributed by atoms with E-state index in [1.165, 1.54) is 0 Å². The maximum atomic E-state index is 12.5. The molecule has 0 radical (unpaired) electrons. The highest BCUT2D eigenvalue weighted by atomic mass is 16.2. The number of carbonyl (C=O) groups is 2. The van der Waals surface area contributed by atoms with Gasteiger partial charge in [-0.05, 0) is 25.7 Å². The monoisotopic (exact) mass is 362 g/mol. The van der Waals surface area contributed by atoms with Crippen LogP contribution in [-0.2, 0) is 24.3 Å². The lowest BCUT2D eigenvalue weighted by Gasteiger charge is -2.33. The van der Waals surface area contributed by atoms with Crippen molar-refractivity contribution in [2.45, 2.75) is 58.5 Å². The fourth-order valence-electron chi connectivity index (χ4n) is 3.75. The van der Waals surface area contributed by atoms with E-state index in [1.807, 2.05) is 11.9 Å². The van der Waals surface area contributed by atoms with Crippen molar-refractivity contribution in [1.82, 2.24) is 29.9 Å². The number of carbonyl (C=O) groups excluding carboxylic acids is 2. The Kier molecular flexibility index (Phi) is 6.11. The first kappa shape index (κ1) is 18.7. The molecule has 0 aromatic carbocycles. The predicted octanol–water partition coefficient (Wildman–Crippen LogP) is 1.40. The molecule has 0 saturated carbocycles. The van der Waals surface area contributed by atoms with Crippen LogP contribution < -0.4 is 5.32 Å². The molecule has 2 aliphatic rings. The topological polar surface area (TPSA) is 83.4 Å². The summed E-state index contributed by atoms with van der Waals surface area (Å²) in [6.45, 7) is 5.54. The van der Waals surface area contributed by atoms with Crippen LogP contribution in [0.15, 0.2) is 0 Å². The third-order valence-corrected chi connectivity index (χ3v) is 5.44. The Bertz CT molecular complexity index is 636. The normalized spacial score (nSPS) is 17.2. The van der Waals surface area contributed by atoms with Crippen molar-refractivity contribution in [3.8, 4) is 0 Å². The molecule has 3 heterocycles. The summed E-state index contributed by atoms with van der Waals surface area (Å²) < 4.78 is 2.09. The first-order valence-corrected chi connectivity index (χ1v) is 9.78. The summed E-state index contributed by atoms with van der Waals surface area (Å²) in [6, 6.07) is -0.0782. The molecule has 0 spiro atoms. The van der Waals surface area contributed by atoms with E-state index >= 15 is 0 Å². The lowest BCUT2D eigenvalue weighted by Crippen LogP contribution is -2.47. The first-order valence-electron chi connectivity index (χ1n) is 9.78. The summed E-state index contributed by atoms with van der Waals surface area (Å²) in [5.41, 5.74) is 0. The minimum Gasteiger partial charge on any atom is -0.346 e. The number of hydrogen-bond donors (Lipinski definition) is 1. The van der Waals surface area contributed by atoms with E-state index in [0.29, 0.717) is 19.6 Å². The molecule has 3 rings (SSSR count). The molecule has 1 N–H and O–H groups in total. The van der Waals surface area contributed by atoms with E-state index in [2.05, 4.69) is 27.0 Å². The minimum absolute atomic E-state index is 0.0423. The highest BCUT2D eigenvalue weighted by Crippen LogP contribution is 2.20. The second-order valence-electron chi connectivity index (χ2n) is 7.32. The van der Waals surface area contributed by atoms with Crippen LogP contribution >= 0.6 is 0 Å². The second-order valence-corrected chi connectivity index (χ2v) is 7.32. The molecular formula is C18H30N6O2. The van der Waals surface area contributed by atoms with Crippen molar-refractivity contribution < 1.29 is 9.59 Å². The quantitative estimate of drug-likeness (QED) is 0.829. The number of piperidine rings is 1. The smallest absolute Gasteiger partial charge is 0.317 e. The molecule has 3 amide bonds. The van der Waals surface area contributed by atoms with E-state index in [1.54, 1.807) is 4.90 Å². The summed E-state index contributed by atoms with van der Waals surface area (Å²) in [5, 5.41) is 11.3. The van der Waals surface area contributed by atoms with E-state index in [4.69, 9.17) is 0 Å². The molecule has 8 nitrogen and oxygen atoms in total. The van der Waals surface area contributed by atoms with Crippen LogP contribution in [0.4, 0.5) is 4.79 Å². The van der Waals surface area contributed by atoms with Crippen LogP contribution in [0.2, 0.25) is 0 Å². The molecule has 1 aromatic rings. The Morgan fingerprint density at radius 2 is 2.00 bits per heavy atom. The largest absolute Gasteiger partial charge is 0.346 e. The zero-order valence-corrected chi connectivity index (χ0v) is 15.9. The van der Waals surface area contributed by atoms with Gasteiger partial charge in [0.1, 0.15) is 5.82 Å². The lowest BCUT2D eigenvalue weighted by atomic mass is 9.95. The molecule has 26 heavy (non-hydrogen) atoms. The van der Waals surface area contributed by atoms with Crippen LogP contribution in [0, 0.1) is 5.92 Å². The number of nitrogens with zero attached hydrogens (tertiary/aromatic N) is 5. The maximum absolute atomic E-state index is 12.5. The Morgan fingerprint density at radius 3 is 2.73 bits per heavy atom. The molecule has 1 saturated heterocycles. The zero-order chi connectivity index (χ0) is 18.5. The van der Waals surface area contributed by atoms with Crippen molar-refractivity contribution >= 4 is 11.9 Å². The van der Waals surface area contributed by atoms with Gasteiger partial charge in [-0.3, -0.25) is 4.79 Å². The van der Waals surface area contributed by atoms with Crippen LogP contribution in [0.25, 0.3) is 0 Å². The number of likely N-dealkylation sites (tertiary alicyclic amines) is 1. The van der Waals surface area contributed by atoms with Gasteiger partial charge in [-0.2, -0.15) is 0 Å². The number of aryl methyl sites for hydroxylation is 1. The van der Waals surface area contributed by atoms with Gasteiger partial charge >= 0.3 is 6.03 Å². The third-order valence-electron chi connectivity index (χ3n) is 5.44. The van der Waals surface area contributed by atoms with Gasteiger partial charge in [-0.15, -0.1) is 10.2 Å². The highest BCUT2D eigenvalue weighted by molar-refractivity contribution is 5.79. The van der Waals surface area contributed by atoms with Gasteiger partial charge < -0.3 is 19.7 Å². The summed E-state index contributed by atoms with van der Waals surface area (Å²) >= 11 is 0. The van der Waals surface area contributed by atoms with Gasteiger partial charge in [-0.25, -0.2) is 4.79 Å². The maximum Gasteiger partial charge on any atom is 0.317 e. The molecule has 1 fully saturated rings. The van der Waals surface area contributed by atoms with Gasteiger partial charge in [0.2, 0.25) is 5.91 Å². The average Bonchev–Trinajstić information content (AvgIpc) is 3.28. The number of aromatic nitrogens is 3. The van der Waals surface area contributed by atoms with Crippen LogP contribution in [-0.4, -0.2) is 63.2 Å². The van der Waals surface area contributed by atoms with E-state index in [0.717, 1.165) is 63.3 Å². The highest BCUT2D eigenvalue weighted by Gasteiger charge is 2.29. The Balaban J connectivity index is 1.42. The molecule has 144 valence electrons. The number of rotatable bonds is 6. The average molecular weight is 362 g/mol. The van der Waals surface area contributed by atoms with Crippen molar-refractivity contribution in [3.05, 3.63) is 11.6 Å². The minimum atomic E-state index is -0.0782. The number of urea groups is 1. The predicted molar refractivity (Wildman–Crippen MR) is 97.4 cm³/mol. The van der Waals surface area contributed by atoms with Crippen LogP contribution in [0.5, 0.6) is 0 Å². The van der Waals surface area contributed by atoms with Crippen molar-refractivity contribution in [3.63, 3.8) is 0 Å². The fraction of sp³-hybridized carbons (Fsp3) is 0.778. The Labute approximate surface area is 154 Å². The van der Waals surface area contributed by atoms with Gasteiger partial charge in [0.15, 0.2) is 5.82 Å². The standard InChI is InChI=1S/C18H30N6O2/c1-3-4-9-22(2)17(25)14-7-11-23(12-8-14)18(26)19-13-16-21-20-15-6-5-10-24(15)16/h14H,3-13H2,1-2H3,(H,19,26). The number of nitrogens with one attached hydrogen (secondary N) is 1. The molecule has 1 aromatic heterocycles. The van der Waals surface area contributed by atoms with Crippen LogP contribution in [0.1, 0.15) is 50.7 Å². The van der Waals surface area contributed by atoms with Gasteiger partial charge in [0.05, 0.1) is 6.54 Å². The Morgan fingerprint density at radius 1 is 1.23 bits per heavy atom. The summed E-state index contributed by atoms with van der Waals surface area (Å²) in [7, 11) is 1.88. The Hall–Kier alpha value is -2.12. The molecule has 2 aliphatic heterocycles. The zero-order valence-electron chi connectivity index (χ0n) is 15.9. The van der Waals surface area contributed by atoms with Gasteiger partial charge in [-0.1, -0.05) is 13.3 Å². The molecule has 0 atom stereocenters. The number of unbranched alkanes of at least 4 members (excludes halogenated alkanes) is 1. The second kappa shape index (κ2) is 8.51. The first-order chi connectivity index (χ1) is 12.6. The lowest BCUT2D eigenvalue weighted by molar-refractivity contribution is -0.135. The van der Waals surface area contributed by atoms with Crippen LogP contribution in [0.3, 0.4) is 0 Å². The van der Waals surface area contributed by atoms with E-state index in [-0.39, 0.29) is 17.9 Å². The summed E-state index contributed by atoms with van der Waals surface area (Å²) in [5.74, 6) is 2.10. The summed E-state index contributed by atoms with van der Waals surface area (Å²) in [6.07, 6.45) is 5.67. The van der Waals surface area contributed by atoms with Gasteiger partial charge in [0, 0.05) is 45.6 Å². The third kappa shape index (κ3) is 4.16. The summed E-state index contributed by atoms with van der Waals surface area (Å²) in [4.78, 5) is 28.5. The molecule has 0 unspecified atom stereocenters. The van der Waals surface area contributed by atoms with E-state index in [9.17, 15) is 9.59 Å². The van der Waals surface area contributed by atoms with E-state index < -0.39 is 0 Å². The number of fused-ring (bicyclic) bond motifs is 1. The van der Waals surface area contributed by atoms with Crippen molar-refractivity contribution in [1.29, 1.82) is 0 Å². The number of hydrogen-bond acceptors (Lipinski definition) is 4.